The molecule has 1 aliphatic rings. The van der Waals surface area contributed by atoms with Gasteiger partial charge in [0.15, 0.2) is 0 Å². The van der Waals surface area contributed by atoms with Crippen LogP contribution in [0.5, 0.6) is 0 Å². The molecule has 0 saturated carbocycles. The maximum Gasteiger partial charge on any atom is 0.137 e. The maximum atomic E-state index is 13.2. The van der Waals surface area contributed by atoms with Gasteiger partial charge in [-0.05, 0) is 33.6 Å². The molecule has 17 heavy (non-hydrogen) atoms. The third kappa shape index (κ3) is 2.83. The molecule has 0 bridgehead atoms. The van der Waals surface area contributed by atoms with Crippen LogP contribution in [0.25, 0.3) is 0 Å². The van der Waals surface area contributed by atoms with Gasteiger partial charge in [-0.3, -0.25) is 4.90 Å². The summed E-state index contributed by atoms with van der Waals surface area (Å²) in [5.74, 6) is -0.300. The highest BCUT2D eigenvalue weighted by atomic mass is 79.9. The predicted molar refractivity (Wildman–Crippen MR) is 66.9 cm³/mol. The molecule has 0 spiro atoms. The summed E-state index contributed by atoms with van der Waals surface area (Å²) in [6.07, 6.45) is 0. The molecule has 3 nitrogen and oxygen atoms in total. The Hall–Kier alpha value is -0.960. The fourth-order valence-corrected chi connectivity index (χ4v) is 2.39. The topological polar surface area (TPSA) is 39.1 Å². The second-order valence-corrected chi connectivity index (χ2v) is 4.85. The molecule has 1 aromatic rings. The van der Waals surface area contributed by atoms with Gasteiger partial charge >= 0.3 is 0 Å². The van der Waals surface area contributed by atoms with Gasteiger partial charge in [-0.1, -0.05) is 6.07 Å². The number of hydrogen-bond acceptors (Lipinski definition) is 3. The first-order chi connectivity index (χ1) is 8.22. The van der Waals surface area contributed by atoms with E-state index in [1.54, 1.807) is 12.1 Å². The number of benzene rings is 1. The summed E-state index contributed by atoms with van der Waals surface area (Å²) in [7, 11) is 0. The van der Waals surface area contributed by atoms with E-state index in [-0.39, 0.29) is 11.9 Å². The summed E-state index contributed by atoms with van der Waals surface area (Å²) >= 11 is 3.15. The zero-order chi connectivity index (χ0) is 12.3. The molecule has 0 aromatic heterocycles. The first kappa shape index (κ1) is 12.5. The Balaban J connectivity index is 2.22. The zero-order valence-corrected chi connectivity index (χ0v) is 10.9. The van der Waals surface area contributed by atoms with E-state index in [1.165, 1.54) is 6.07 Å². The van der Waals surface area contributed by atoms with Crippen molar-refractivity contribution in [3.8, 4) is 6.07 Å². The van der Waals surface area contributed by atoms with Crippen LogP contribution in [0.4, 0.5) is 4.39 Å². The van der Waals surface area contributed by atoms with E-state index >= 15 is 0 Å². The van der Waals surface area contributed by atoms with Gasteiger partial charge < -0.3 is 5.32 Å². The first-order valence-electron chi connectivity index (χ1n) is 5.51. The average molecular weight is 298 g/mol. The third-order valence-electron chi connectivity index (χ3n) is 2.90. The van der Waals surface area contributed by atoms with Crippen molar-refractivity contribution in [2.75, 3.05) is 26.2 Å². The molecule has 1 aromatic carbocycles. The van der Waals surface area contributed by atoms with Crippen molar-refractivity contribution >= 4 is 15.9 Å². The van der Waals surface area contributed by atoms with E-state index in [0.29, 0.717) is 4.47 Å². The fraction of sp³-hybridized carbons (Fsp3) is 0.417. The van der Waals surface area contributed by atoms with Gasteiger partial charge in [-0.25, -0.2) is 4.39 Å². The number of nitriles is 1. The van der Waals surface area contributed by atoms with Crippen molar-refractivity contribution < 1.29 is 4.39 Å². The average Bonchev–Trinajstić information content (AvgIpc) is 2.36. The van der Waals surface area contributed by atoms with Gasteiger partial charge in [0.2, 0.25) is 0 Å². The van der Waals surface area contributed by atoms with Gasteiger partial charge in [0.25, 0.3) is 0 Å². The van der Waals surface area contributed by atoms with Crippen LogP contribution in [0.3, 0.4) is 0 Å². The van der Waals surface area contributed by atoms with Crippen LogP contribution < -0.4 is 5.32 Å². The summed E-state index contributed by atoms with van der Waals surface area (Å²) in [5.41, 5.74) is 0.836. The molecule has 1 heterocycles. The molecule has 1 saturated heterocycles. The molecule has 1 atom stereocenters. The number of nitrogens with zero attached hydrogens (tertiary/aromatic N) is 2. The lowest BCUT2D eigenvalue weighted by Crippen LogP contribution is -2.44. The molecule has 5 heteroatoms. The van der Waals surface area contributed by atoms with E-state index in [4.69, 9.17) is 0 Å². The second kappa shape index (κ2) is 5.58. The molecule has 90 valence electrons. The SMILES string of the molecule is N#CC(c1ccc(F)c(Br)c1)N1CCNCC1. The van der Waals surface area contributed by atoms with Gasteiger partial charge in [-0.2, -0.15) is 5.26 Å². The third-order valence-corrected chi connectivity index (χ3v) is 3.51. The quantitative estimate of drug-likeness (QED) is 0.908. The highest BCUT2D eigenvalue weighted by molar-refractivity contribution is 9.10. The van der Waals surface area contributed by atoms with E-state index in [2.05, 4.69) is 32.2 Å². The summed E-state index contributed by atoms with van der Waals surface area (Å²) in [5, 5.41) is 12.5. The van der Waals surface area contributed by atoms with E-state index in [9.17, 15) is 9.65 Å². The van der Waals surface area contributed by atoms with Crippen molar-refractivity contribution in [1.82, 2.24) is 10.2 Å². The number of hydrogen-bond donors (Lipinski definition) is 1. The lowest BCUT2D eigenvalue weighted by molar-refractivity contribution is 0.207. The minimum atomic E-state index is -0.300. The minimum Gasteiger partial charge on any atom is -0.314 e. The largest absolute Gasteiger partial charge is 0.314 e. The fourth-order valence-electron chi connectivity index (χ4n) is 1.99. The van der Waals surface area contributed by atoms with Crippen molar-refractivity contribution in [1.29, 1.82) is 5.26 Å². The van der Waals surface area contributed by atoms with Crippen LogP contribution in [-0.4, -0.2) is 31.1 Å². The Kier molecular flexibility index (Phi) is 4.11. The number of rotatable bonds is 2. The Morgan fingerprint density at radius 2 is 2.12 bits per heavy atom. The lowest BCUT2D eigenvalue weighted by Gasteiger charge is -2.31. The molecule has 1 fully saturated rings. The molecule has 0 amide bonds. The second-order valence-electron chi connectivity index (χ2n) is 3.99. The molecular formula is C12H13BrFN3. The van der Waals surface area contributed by atoms with Crippen LogP contribution in [0.2, 0.25) is 0 Å². The van der Waals surface area contributed by atoms with Crippen molar-refractivity contribution in [2.45, 2.75) is 6.04 Å². The van der Waals surface area contributed by atoms with Gasteiger partial charge in [0.1, 0.15) is 11.9 Å². The van der Waals surface area contributed by atoms with Gasteiger partial charge in [-0.15, -0.1) is 0 Å². The van der Waals surface area contributed by atoms with E-state index in [0.717, 1.165) is 31.7 Å². The molecule has 2 rings (SSSR count). The molecular weight excluding hydrogens is 285 g/mol. The summed E-state index contributed by atoms with van der Waals surface area (Å²) < 4.78 is 13.6. The Morgan fingerprint density at radius 3 is 2.71 bits per heavy atom. The molecule has 0 aliphatic carbocycles. The van der Waals surface area contributed by atoms with E-state index in [1.807, 2.05) is 0 Å². The van der Waals surface area contributed by atoms with E-state index < -0.39 is 0 Å². The number of piperazine rings is 1. The zero-order valence-electron chi connectivity index (χ0n) is 9.29. The highest BCUT2D eigenvalue weighted by Gasteiger charge is 2.22. The van der Waals surface area contributed by atoms with Crippen molar-refractivity contribution in [3.05, 3.63) is 34.1 Å². The molecule has 1 unspecified atom stereocenters. The number of nitrogens with one attached hydrogen (secondary N) is 1. The Labute approximate surface area is 108 Å². The highest BCUT2D eigenvalue weighted by Crippen LogP contribution is 2.25. The molecule has 1 N–H and O–H groups in total. The Bertz CT molecular complexity index is 438. The van der Waals surface area contributed by atoms with Gasteiger partial charge in [0.05, 0.1) is 10.5 Å². The van der Waals surface area contributed by atoms with Crippen LogP contribution in [-0.2, 0) is 0 Å². The lowest BCUT2D eigenvalue weighted by atomic mass is 10.1. The first-order valence-corrected chi connectivity index (χ1v) is 6.31. The Morgan fingerprint density at radius 1 is 1.41 bits per heavy atom. The summed E-state index contributed by atoms with van der Waals surface area (Å²) in [6, 6.07) is 6.75. The predicted octanol–water partition coefficient (Wildman–Crippen LogP) is 2.06. The standard InChI is InChI=1S/C12H13BrFN3/c13-10-7-9(1-2-11(10)14)12(8-15)17-5-3-16-4-6-17/h1-2,7,12,16H,3-6H2. The maximum absolute atomic E-state index is 13.2. The number of halogens is 2. The summed E-state index contributed by atoms with van der Waals surface area (Å²) in [6.45, 7) is 3.46. The van der Waals surface area contributed by atoms with Crippen molar-refractivity contribution in [3.63, 3.8) is 0 Å². The van der Waals surface area contributed by atoms with Crippen molar-refractivity contribution in [2.24, 2.45) is 0 Å². The van der Waals surface area contributed by atoms with Crippen LogP contribution in [0, 0.1) is 17.1 Å². The minimum absolute atomic E-state index is 0.297. The normalized spacial score (nSPS) is 18.6. The van der Waals surface area contributed by atoms with Crippen LogP contribution in [0.15, 0.2) is 22.7 Å². The smallest absolute Gasteiger partial charge is 0.137 e. The monoisotopic (exact) mass is 297 g/mol. The molecule has 1 aliphatic heterocycles. The molecule has 0 radical (unpaired) electrons. The summed E-state index contributed by atoms with van der Waals surface area (Å²) in [4.78, 5) is 2.11. The van der Waals surface area contributed by atoms with Crippen LogP contribution in [0.1, 0.15) is 11.6 Å². The van der Waals surface area contributed by atoms with Crippen LogP contribution >= 0.6 is 15.9 Å². The van der Waals surface area contributed by atoms with Gasteiger partial charge in [0, 0.05) is 26.2 Å².